The molecule has 120 valence electrons. The van der Waals surface area contributed by atoms with Gasteiger partial charge in [0.05, 0.1) is 10.6 Å². The lowest BCUT2D eigenvalue weighted by Gasteiger charge is -2.29. The molecule has 8 nitrogen and oxygen atoms in total. The summed E-state index contributed by atoms with van der Waals surface area (Å²) in [4.78, 5) is 24.0. The molecule has 2 amide bonds. The van der Waals surface area contributed by atoms with Crippen molar-refractivity contribution in [2.45, 2.75) is 0 Å². The van der Waals surface area contributed by atoms with Crippen LogP contribution in [0.15, 0.2) is 33.8 Å². The maximum Gasteiger partial charge on any atom is 0.348 e. The number of amides is 2. The van der Waals surface area contributed by atoms with Crippen molar-refractivity contribution in [3.8, 4) is 22.9 Å². The van der Waals surface area contributed by atoms with E-state index >= 15 is 0 Å². The van der Waals surface area contributed by atoms with Crippen molar-refractivity contribution >= 4 is 28.9 Å². The first-order valence-electron chi connectivity index (χ1n) is 7.17. The number of aromatic nitrogens is 2. The fourth-order valence-corrected chi connectivity index (χ4v) is 3.24. The molecule has 4 rings (SSSR count). The van der Waals surface area contributed by atoms with Crippen molar-refractivity contribution in [2.24, 2.45) is 17.1 Å². The number of hydrogen-bond donors (Lipinski definition) is 1. The van der Waals surface area contributed by atoms with E-state index in [1.807, 2.05) is 35.3 Å². The van der Waals surface area contributed by atoms with Crippen LogP contribution in [0.3, 0.4) is 0 Å². The van der Waals surface area contributed by atoms with Gasteiger partial charge in [0.1, 0.15) is 18.9 Å². The van der Waals surface area contributed by atoms with Gasteiger partial charge < -0.3 is 4.57 Å². The highest BCUT2D eigenvalue weighted by Gasteiger charge is 2.37. The van der Waals surface area contributed by atoms with Crippen molar-refractivity contribution < 1.29 is 4.79 Å². The van der Waals surface area contributed by atoms with Gasteiger partial charge >= 0.3 is 6.03 Å². The van der Waals surface area contributed by atoms with E-state index in [-0.39, 0.29) is 19.2 Å². The largest absolute Gasteiger partial charge is 0.348 e. The van der Waals surface area contributed by atoms with Crippen LogP contribution >= 0.6 is 11.3 Å². The van der Waals surface area contributed by atoms with E-state index in [9.17, 15) is 4.79 Å². The molecule has 0 saturated heterocycles. The summed E-state index contributed by atoms with van der Waals surface area (Å²) >= 11 is 1.62. The zero-order chi connectivity index (χ0) is 16.7. The number of fused-ring (bicyclic) bond motifs is 1. The van der Waals surface area contributed by atoms with Crippen LogP contribution in [0.4, 0.5) is 4.79 Å². The average Bonchev–Trinajstić information content (AvgIpc) is 3.29. The summed E-state index contributed by atoms with van der Waals surface area (Å²) in [6, 6.07) is 3.72. The number of urea groups is 1. The predicted molar refractivity (Wildman–Crippen MR) is 91.3 cm³/mol. The second-order valence-corrected chi connectivity index (χ2v) is 6.17. The number of hydrazone groups is 1. The number of imidazole rings is 1. The smallest absolute Gasteiger partial charge is 0.332 e. The topological polar surface area (TPSA) is 78.1 Å². The number of terminal acetylenes is 1. The van der Waals surface area contributed by atoms with E-state index in [1.54, 1.807) is 11.3 Å². The Hall–Kier alpha value is -3.12. The van der Waals surface area contributed by atoms with Gasteiger partial charge in [0.25, 0.3) is 0 Å². The minimum atomic E-state index is -0.274. The molecule has 24 heavy (non-hydrogen) atoms. The van der Waals surface area contributed by atoms with Gasteiger partial charge in [0, 0.05) is 13.2 Å². The van der Waals surface area contributed by atoms with Crippen LogP contribution in [0.1, 0.15) is 5.82 Å². The average molecular weight is 339 g/mol. The Balaban J connectivity index is 1.67. The number of aryl methyl sites for hydroxylation is 1. The monoisotopic (exact) mass is 339 g/mol. The molecule has 0 bridgehead atoms. The molecule has 2 aliphatic rings. The fraction of sp³-hybridized carbons (Fsp3) is 0.200. The Labute approximate surface area is 142 Å². The molecule has 2 aromatic rings. The summed E-state index contributed by atoms with van der Waals surface area (Å²) in [6.07, 6.45) is 7.19. The number of nitrogens with zero attached hydrogens (tertiary/aromatic N) is 6. The van der Waals surface area contributed by atoms with Gasteiger partial charge in [-0.3, -0.25) is 9.89 Å². The molecule has 0 spiro atoms. The highest BCUT2D eigenvalue weighted by molar-refractivity contribution is 7.13. The van der Waals surface area contributed by atoms with Crippen LogP contribution in [-0.2, 0) is 7.05 Å². The molecule has 1 N–H and O–H groups in total. The van der Waals surface area contributed by atoms with Gasteiger partial charge in [-0.2, -0.15) is 0 Å². The Kier molecular flexibility index (Phi) is 3.32. The van der Waals surface area contributed by atoms with Crippen LogP contribution in [0, 0.1) is 12.3 Å². The van der Waals surface area contributed by atoms with Crippen LogP contribution in [0.2, 0.25) is 0 Å². The number of hydrogen-bond acceptors (Lipinski definition) is 6. The van der Waals surface area contributed by atoms with Crippen LogP contribution in [0.5, 0.6) is 0 Å². The standard InChI is InChI=1S/C15H13N7OS/c1-3-6-22-15(23)21-9-16-12(14(21)18-19-22)13-17-10(8-20(13)2)11-5-4-7-24-11/h1,4-5,7-8,19H,6,9H2,2H3. The summed E-state index contributed by atoms with van der Waals surface area (Å²) in [5, 5.41) is 7.50. The van der Waals surface area contributed by atoms with Gasteiger partial charge in [-0.05, 0) is 11.4 Å². The fourth-order valence-electron chi connectivity index (χ4n) is 2.56. The first-order valence-corrected chi connectivity index (χ1v) is 8.05. The SMILES string of the molecule is C#CCN1NN=C2C(c3nc(-c4cccs4)cn3C)=NCN2C1=O. The Morgan fingerprint density at radius 2 is 2.38 bits per heavy atom. The Morgan fingerprint density at radius 1 is 1.50 bits per heavy atom. The van der Waals surface area contributed by atoms with E-state index in [1.165, 1.54) is 9.91 Å². The highest BCUT2D eigenvalue weighted by Crippen LogP contribution is 2.25. The zero-order valence-corrected chi connectivity index (χ0v) is 13.6. The summed E-state index contributed by atoms with van der Waals surface area (Å²) in [5.74, 6) is 3.54. The zero-order valence-electron chi connectivity index (χ0n) is 12.8. The Bertz CT molecular complexity index is 903. The van der Waals surface area contributed by atoms with Crippen molar-refractivity contribution in [3.05, 3.63) is 29.5 Å². The van der Waals surface area contributed by atoms with Gasteiger partial charge in [-0.1, -0.05) is 12.0 Å². The molecule has 0 fully saturated rings. The minimum Gasteiger partial charge on any atom is -0.332 e. The Morgan fingerprint density at radius 3 is 3.12 bits per heavy atom. The summed E-state index contributed by atoms with van der Waals surface area (Å²) in [5.41, 5.74) is 4.12. The maximum absolute atomic E-state index is 12.4. The number of carbonyl (C=O) groups is 1. The third-order valence-electron chi connectivity index (χ3n) is 3.69. The number of aliphatic imine (C=N–C) groups is 1. The number of rotatable bonds is 3. The third kappa shape index (κ3) is 2.16. The number of amidine groups is 1. The van der Waals surface area contributed by atoms with Crippen molar-refractivity contribution in [3.63, 3.8) is 0 Å². The second-order valence-electron chi connectivity index (χ2n) is 5.22. The third-order valence-corrected chi connectivity index (χ3v) is 4.58. The molecule has 0 unspecified atom stereocenters. The van der Waals surface area contributed by atoms with E-state index in [2.05, 4.69) is 26.5 Å². The van der Waals surface area contributed by atoms with Crippen molar-refractivity contribution in [1.29, 1.82) is 0 Å². The van der Waals surface area contributed by atoms with Crippen LogP contribution < -0.4 is 5.53 Å². The van der Waals surface area contributed by atoms with Crippen molar-refractivity contribution in [1.82, 2.24) is 25.0 Å². The van der Waals surface area contributed by atoms with Crippen LogP contribution in [-0.4, -0.2) is 50.3 Å². The normalized spacial score (nSPS) is 16.4. The molecule has 9 heteroatoms. The lowest BCUT2D eigenvalue weighted by molar-refractivity contribution is 0.151. The highest BCUT2D eigenvalue weighted by atomic mass is 32.1. The van der Waals surface area contributed by atoms with Crippen molar-refractivity contribution in [2.75, 3.05) is 13.2 Å². The number of nitrogens with one attached hydrogen (secondary N) is 1. The van der Waals surface area contributed by atoms with E-state index in [0.29, 0.717) is 17.4 Å². The number of thiophene rings is 1. The molecule has 0 aromatic carbocycles. The molecule has 2 aliphatic heterocycles. The second kappa shape index (κ2) is 5.50. The summed E-state index contributed by atoms with van der Waals surface area (Å²) in [7, 11) is 1.90. The molecule has 0 saturated carbocycles. The molecular weight excluding hydrogens is 326 g/mol. The van der Waals surface area contributed by atoms with Gasteiger partial charge in [-0.15, -0.1) is 22.9 Å². The molecule has 0 atom stereocenters. The minimum absolute atomic E-state index is 0.131. The number of carbonyl (C=O) groups excluding carboxylic acids is 1. The number of hydrazine groups is 1. The quantitative estimate of drug-likeness (QED) is 0.851. The summed E-state index contributed by atoms with van der Waals surface area (Å²) < 4.78 is 1.89. The molecular formula is C15H13N7OS. The van der Waals surface area contributed by atoms with E-state index in [4.69, 9.17) is 6.42 Å². The van der Waals surface area contributed by atoms with Gasteiger partial charge in [0.2, 0.25) is 0 Å². The molecule has 2 aromatic heterocycles. The first-order chi connectivity index (χ1) is 11.7. The summed E-state index contributed by atoms with van der Waals surface area (Å²) in [6.45, 7) is 0.337. The molecule has 0 aliphatic carbocycles. The van der Waals surface area contributed by atoms with Gasteiger partial charge in [-0.25, -0.2) is 20.3 Å². The van der Waals surface area contributed by atoms with Crippen LogP contribution in [0.25, 0.3) is 10.6 Å². The molecule has 0 radical (unpaired) electrons. The van der Waals surface area contributed by atoms with E-state index < -0.39 is 0 Å². The predicted octanol–water partition coefficient (Wildman–Crippen LogP) is 1.10. The maximum atomic E-state index is 12.4. The lowest BCUT2D eigenvalue weighted by Crippen LogP contribution is -2.55. The lowest BCUT2D eigenvalue weighted by atomic mass is 10.3. The molecule has 4 heterocycles. The van der Waals surface area contributed by atoms with Gasteiger partial charge in [0.15, 0.2) is 11.7 Å². The first kappa shape index (κ1) is 14.5. The van der Waals surface area contributed by atoms with E-state index in [0.717, 1.165) is 10.6 Å².